The number of hydrogen-bond acceptors (Lipinski definition) is 6. The lowest BCUT2D eigenvalue weighted by molar-refractivity contribution is -0.0328. The van der Waals surface area contributed by atoms with E-state index in [4.69, 9.17) is 17.2 Å². The Morgan fingerprint density at radius 3 is 2.32 bits per heavy atom. The van der Waals surface area contributed by atoms with E-state index in [9.17, 15) is 18.0 Å². The van der Waals surface area contributed by atoms with Crippen LogP contribution in [0.2, 0.25) is 0 Å². The average Bonchev–Trinajstić information content (AvgIpc) is 3.67. The fraction of sp³-hybridized carbons (Fsp3) is 0.525. The van der Waals surface area contributed by atoms with Gasteiger partial charge in [0.2, 0.25) is 0 Å². The number of benzene rings is 2. The number of guanidine groups is 1. The highest BCUT2D eigenvalue weighted by molar-refractivity contribution is 8.00. The number of nitrogens with two attached hydrogens (primary N) is 3. The van der Waals surface area contributed by atoms with Gasteiger partial charge in [0.1, 0.15) is 5.65 Å². The number of thioether (sulfide) groups is 1. The summed E-state index contributed by atoms with van der Waals surface area (Å²) in [5, 5.41) is 4.36. The minimum Gasteiger partial charge on any atom is -0.370 e. The summed E-state index contributed by atoms with van der Waals surface area (Å²) < 4.78 is 39.8. The molecule has 0 radical (unpaired) electrons. The third-order valence-electron chi connectivity index (χ3n) is 9.56. The SMILES string of the molecule is CC(C)(C)c1cc(CCC2CC[C@H](N)C2)cc(SC(F)(F)F)c1.C[C@H](NCCCN=C(N)N)c1ccc(-n2cc3cc(C(C)(C)C)[nH]c3nc2=O)cc1. The van der Waals surface area contributed by atoms with Crippen LogP contribution in [0.25, 0.3) is 16.7 Å². The summed E-state index contributed by atoms with van der Waals surface area (Å²) in [6, 6.07) is 15.9. The molecule has 1 fully saturated rings. The molecule has 2 aromatic heterocycles. The van der Waals surface area contributed by atoms with Crippen LogP contribution in [0.15, 0.2) is 69.4 Å². The molecule has 8 N–H and O–H groups in total. The molecular weight excluding hydrogens is 698 g/mol. The fourth-order valence-corrected chi connectivity index (χ4v) is 7.07. The van der Waals surface area contributed by atoms with E-state index < -0.39 is 5.51 Å². The van der Waals surface area contributed by atoms with E-state index in [2.05, 4.69) is 60.1 Å². The zero-order chi connectivity index (χ0) is 39.1. The molecule has 5 rings (SSSR count). The third kappa shape index (κ3) is 12.9. The van der Waals surface area contributed by atoms with Crippen LogP contribution >= 0.6 is 11.8 Å². The predicted molar refractivity (Wildman–Crippen MR) is 213 cm³/mol. The van der Waals surface area contributed by atoms with Gasteiger partial charge in [0.25, 0.3) is 0 Å². The number of fused-ring (bicyclic) bond motifs is 1. The monoisotopic (exact) mass is 754 g/mol. The van der Waals surface area contributed by atoms with Crippen molar-refractivity contribution < 1.29 is 13.2 Å². The van der Waals surface area contributed by atoms with E-state index in [1.165, 1.54) is 0 Å². The second-order valence-corrected chi connectivity index (χ2v) is 17.3. The Labute approximate surface area is 315 Å². The van der Waals surface area contributed by atoms with Gasteiger partial charge >= 0.3 is 11.2 Å². The number of rotatable bonds is 11. The normalized spacial score (nSPS) is 17.0. The number of hydrogen-bond donors (Lipinski definition) is 5. The van der Waals surface area contributed by atoms with Crippen molar-refractivity contribution in [2.24, 2.45) is 28.1 Å². The number of nitrogens with zero attached hydrogens (tertiary/aromatic N) is 3. The Hall–Kier alpha value is -3.81. The van der Waals surface area contributed by atoms with Crippen LogP contribution in [-0.2, 0) is 17.3 Å². The summed E-state index contributed by atoms with van der Waals surface area (Å²) in [5.41, 5.74) is 17.4. The second kappa shape index (κ2) is 17.6. The molecule has 3 atom stereocenters. The molecule has 1 aliphatic carbocycles. The molecule has 0 spiro atoms. The number of aryl methyl sites for hydroxylation is 1. The highest BCUT2D eigenvalue weighted by Gasteiger charge is 2.30. The quantitative estimate of drug-likeness (QED) is 0.0451. The molecular formula is C40H57F3N8OS. The highest BCUT2D eigenvalue weighted by atomic mass is 32.2. The molecule has 2 aromatic carbocycles. The molecule has 0 saturated heterocycles. The van der Waals surface area contributed by atoms with Crippen LogP contribution in [0.5, 0.6) is 0 Å². The van der Waals surface area contributed by atoms with Gasteiger partial charge in [-0.1, -0.05) is 59.7 Å². The lowest BCUT2D eigenvalue weighted by Crippen LogP contribution is -2.24. The highest BCUT2D eigenvalue weighted by Crippen LogP contribution is 2.39. The number of aromatic nitrogens is 3. The Balaban J connectivity index is 0.000000245. The number of aromatic amines is 1. The number of aliphatic imine (C=N–C) groups is 1. The zero-order valence-corrected chi connectivity index (χ0v) is 32.9. The van der Waals surface area contributed by atoms with Crippen LogP contribution in [0.1, 0.15) is 109 Å². The van der Waals surface area contributed by atoms with Crippen LogP contribution in [0.3, 0.4) is 0 Å². The van der Waals surface area contributed by atoms with Gasteiger partial charge in [-0.05, 0) is 122 Å². The Morgan fingerprint density at radius 2 is 1.74 bits per heavy atom. The summed E-state index contributed by atoms with van der Waals surface area (Å²) in [6.45, 7) is 16.0. The van der Waals surface area contributed by atoms with Gasteiger partial charge in [0.15, 0.2) is 5.96 Å². The summed E-state index contributed by atoms with van der Waals surface area (Å²) in [6.07, 6.45) is 7.80. The van der Waals surface area contributed by atoms with E-state index in [0.717, 1.165) is 78.5 Å². The first-order valence-electron chi connectivity index (χ1n) is 18.4. The molecule has 0 bridgehead atoms. The van der Waals surface area contributed by atoms with Gasteiger partial charge in [0, 0.05) is 46.2 Å². The number of nitrogens with one attached hydrogen (secondary N) is 2. The largest absolute Gasteiger partial charge is 0.446 e. The molecule has 9 nitrogen and oxygen atoms in total. The molecule has 0 amide bonds. The van der Waals surface area contributed by atoms with Gasteiger partial charge in [-0.25, -0.2) is 4.79 Å². The maximum Gasteiger partial charge on any atom is 0.446 e. The Morgan fingerprint density at radius 1 is 1.04 bits per heavy atom. The smallest absolute Gasteiger partial charge is 0.370 e. The van der Waals surface area contributed by atoms with Crippen molar-refractivity contribution in [1.29, 1.82) is 0 Å². The fourth-order valence-electron chi connectivity index (χ4n) is 6.41. The topological polar surface area (TPSA) is 153 Å². The molecule has 1 aliphatic rings. The number of H-pyrrole nitrogens is 1. The minimum atomic E-state index is -4.24. The number of alkyl halides is 3. The van der Waals surface area contributed by atoms with Gasteiger partial charge in [-0.2, -0.15) is 18.2 Å². The van der Waals surface area contributed by atoms with E-state index in [1.807, 2.05) is 51.2 Å². The summed E-state index contributed by atoms with van der Waals surface area (Å²) >= 11 is -0.0163. The zero-order valence-electron chi connectivity index (χ0n) is 32.1. The third-order valence-corrected chi connectivity index (χ3v) is 10.3. The average molecular weight is 755 g/mol. The summed E-state index contributed by atoms with van der Waals surface area (Å²) in [5.74, 6) is 0.734. The summed E-state index contributed by atoms with van der Waals surface area (Å²) in [7, 11) is 0. The van der Waals surface area contributed by atoms with Crippen LogP contribution in [-0.4, -0.2) is 45.1 Å². The maximum absolute atomic E-state index is 12.7. The molecule has 0 aliphatic heterocycles. The van der Waals surface area contributed by atoms with Gasteiger partial charge in [-0.15, -0.1) is 0 Å². The Kier molecular flexibility index (Phi) is 13.9. The molecule has 53 heavy (non-hydrogen) atoms. The molecule has 290 valence electrons. The van der Waals surface area contributed by atoms with Crippen molar-refractivity contribution in [2.45, 2.75) is 120 Å². The maximum atomic E-state index is 12.7. The first-order valence-corrected chi connectivity index (χ1v) is 19.2. The lowest BCUT2D eigenvalue weighted by Gasteiger charge is -2.22. The van der Waals surface area contributed by atoms with Gasteiger partial charge in [-0.3, -0.25) is 9.56 Å². The van der Waals surface area contributed by atoms with Crippen molar-refractivity contribution in [3.05, 3.63) is 87.6 Å². The van der Waals surface area contributed by atoms with Crippen molar-refractivity contribution in [2.75, 3.05) is 13.1 Å². The van der Waals surface area contributed by atoms with E-state index in [-0.39, 0.29) is 40.3 Å². The first-order chi connectivity index (χ1) is 24.7. The van der Waals surface area contributed by atoms with Crippen LogP contribution < -0.4 is 28.2 Å². The molecule has 2 heterocycles. The van der Waals surface area contributed by atoms with E-state index in [0.29, 0.717) is 29.0 Å². The van der Waals surface area contributed by atoms with Gasteiger partial charge in [0.05, 0.1) is 5.69 Å². The predicted octanol–water partition coefficient (Wildman–Crippen LogP) is 7.98. The van der Waals surface area contributed by atoms with E-state index in [1.54, 1.807) is 16.7 Å². The minimum absolute atomic E-state index is 0.0163. The lowest BCUT2D eigenvalue weighted by atomic mass is 9.85. The molecule has 13 heteroatoms. The van der Waals surface area contributed by atoms with Crippen molar-refractivity contribution >= 4 is 28.8 Å². The summed E-state index contributed by atoms with van der Waals surface area (Å²) in [4.78, 5) is 24.3. The van der Waals surface area contributed by atoms with Crippen molar-refractivity contribution in [3.8, 4) is 5.69 Å². The van der Waals surface area contributed by atoms with E-state index >= 15 is 0 Å². The number of halogens is 3. The van der Waals surface area contributed by atoms with Crippen molar-refractivity contribution in [3.63, 3.8) is 0 Å². The van der Waals surface area contributed by atoms with Gasteiger partial charge < -0.3 is 27.5 Å². The first kappa shape index (κ1) is 41.9. The Bertz CT molecular complexity index is 1880. The molecule has 1 saturated carbocycles. The second-order valence-electron chi connectivity index (χ2n) is 16.2. The van der Waals surface area contributed by atoms with Crippen LogP contribution in [0.4, 0.5) is 13.2 Å². The standard InChI is InChI=1S/C22H31N7O.C18H26F3NS/c1-14(25-10-5-11-26-20(23)24)15-6-8-17(9-7-15)29-13-16-12-18(22(2,3)4)27-19(16)28-21(29)30;1-17(2,3)14-8-13(5-4-12-6-7-15(22)9-12)10-16(11-14)23-18(19,20)21/h6-9,12-14,25H,5,10-11H2,1-4H3,(H4,23,24,26)(H,27,28,30);8,10-12,15H,4-7,9,22H2,1-3H3/t14-;12?,15-/m00/s1. The van der Waals surface area contributed by atoms with Crippen LogP contribution in [0, 0.1) is 5.92 Å². The molecule has 4 aromatic rings. The van der Waals surface area contributed by atoms with Crippen molar-refractivity contribution in [1.82, 2.24) is 19.9 Å². The molecule has 1 unspecified atom stereocenters.